The van der Waals surface area contributed by atoms with Crippen molar-refractivity contribution < 1.29 is 10.0 Å². The Morgan fingerprint density at radius 3 is 3.13 bits per heavy atom. The molecule has 3 aromatic rings. The lowest BCUT2D eigenvalue weighted by atomic mass is 10.1. The number of likely N-dealkylation sites (N-methyl/N-ethyl adjacent to an activating group) is 1. The van der Waals surface area contributed by atoms with Gasteiger partial charge in [0.1, 0.15) is 17.2 Å². The zero-order chi connectivity index (χ0) is 16.0. The number of hydrogen-bond acceptors (Lipinski definition) is 7. The fraction of sp³-hybridized carbons (Fsp3) is 0.571. The second-order valence-corrected chi connectivity index (χ2v) is 7.18. The number of thiophene rings is 1. The average Bonchev–Trinajstić information content (AvgIpc) is 3.15. The SMILES string of the molecule is CC[C@H](CO)Nc1nc2nnnn2c2sc3c(c12)CC[NH+](C)C3. The Balaban J connectivity index is 1.95. The summed E-state index contributed by atoms with van der Waals surface area (Å²) in [4.78, 5) is 8.54. The summed E-state index contributed by atoms with van der Waals surface area (Å²) in [5.41, 5.74) is 1.36. The summed E-state index contributed by atoms with van der Waals surface area (Å²) in [6, 6.07) is -0.0172. The van der Waals surface area contributed by atoms with E-state index in [4.69, 9.17) is 0 Å². The van der Waals surface area contributed by atoms with E-state index in [0.717, 1.165) is 42.0 Å². The molecule has 0 saturated carbocycles. The summed E-state index contributed by atoms with van der Waals surface area (Å²) in [6.07, 6.45) is 1.86. The summed E-state index contributed by atoms with van der Waals surface area (Å²) in [6.45, 7) is 4.26. The molecule has 4 heterocycles. The van der Waals surface area contributed by atoms with Gasteiger partial charge in [0.25, 0.3) is 5.78 Å². The third-order valence-electron chi connectivity index (χ3n) is 4.48. The van der Waals surface area contributed by atoms with Crippen molar-refractivity contribution in [2.75, 3.05) is 25.5 Å². The van der Waals surface area contributed by atoms with E-state index in [-0.39, 0.29) is 12.6 Å². The van der Waals surface area contributed by atoms with E-state index in [0.29, 0.717) is 5.78 Å². The minimum Gasteiger partial charge on any atom is -0.394 e. The third-order valence-corrected chi connectivity index (χ3v) is 5.69. The van der Waals surface area contributed by atoms with Crippen molar-refractivity contribution in [1.29, 1.82) is 0 Å². The van der Waals surface area contributed by atoms with Crippen LogP contribution in [0.4, 0.5) is 5.82 Å². The lowest BCUT2D eigenvalue weighted by Gasteiger charge is -2.20. The molecule has 0 radical (unpaired) electrons. The quantitative estimate of drug-likeness (QED) is 0.595. The summed E-state index contributed by atoms with van der Waals surface area (Å²) in [5.74, 6) is 1.28. The van der Waals surface area contributed by atoms with Crippen LogP contribution >= 0.6 is 11.3 Å². The van der Waals surface area contributed by atoms with Gasteiger partial charge in [-0.3, -0.25) is 0 Å². The molecule has 9 heteroatoms. The lowest BCUT2D eigenvalue weighted by molar-refractivity contribution is -0.895. The second-order valence-electron chi connectivity index (χ2n) is 6.10. The van der Waals surface area contributed by atoms with Gasteiger partial charge in [0.2, 0.25) is 0 Å². The highest BCUT2D eigenvalue weighted by Crippen LogP contribution is 2.36. The molecule has 0 bridgehead atoms. The predicted octanol–water partition coefficient (Wildman–Crippen LogP) is -0.512. The third kappa shape index (κ3) is 2.35. The number of aliphatic hydroxyl groups excluding tert-OH is 1. The normalized spacial score (nSPS) is 19.2. The van der Waals surface area contributed by atoms with Crippen LogP contribution in [0, 0.1) is 0 Å². The molecule has 8 nitrogen and oxygen atoms in total. The van der Waals surface area contributed by atoms with Gasteiger partial charge in [0.05, 0.1) is 36.5 Å². The standard InChI is InChI=1S/C14H19N7OS/c1-3-8(7-22)15-12-11-9-4-5-20(2)6-10(9)23-13(11)21-14(16-12)17-18-19-21/h8,22H,3-7H2,1-2H3,(H,15,16,17,19)/p+1/t8-/m1/s1. The van der Waals surface area contributed by atoms with Crippen molar-refractivity contribution in [3.63, 3.8) is 0 Å². The average molecular weight is 334 g/mol. The van der Waals surface area contributed by atoms with Crippen LogP contribution in [0.2, 0.25) is 0 Å². The van der Waals surface area contributed by atoms with E-state index in [2.05, 4.69) is 32.9 Å². The van der Waals surface area contributed by atoms with Gasteiger partial charge in [-0.05, 0) is 22.4 Å². The van der Waals surface area contributed by atoms with Gasteiger partial charge >= 0.3 is 0 Å². The number of anilines is 1. The van der Waals surface area contributed by atoms with E-state index >= 15 is 0 Å². The maximum Gasteiger partial charge on any atom is 0.276 e. The van der Waals surface area contributed by atoms with Crippen molar-refractivity contribution >= 4 is 33.1 Å². The van der Waals surface area contributed by atoms with Gasteiger partial charge in [-0.1, -0.05) is 12.0 Å². The van der Waals surface area contributed by atoms with Crippen LogP contribution in [-0.2, 0) is 13.0 Å². The Bertz CT molecular complexity index is 854. The maximum atomic E-state index is 9.52. The Morgan fingerprint density at radius 1 is 1.48 bits per heavy atom. The van der Waals surface area contributed by atoms with E-state index in [9.17, 15) is 5.11 Å². The smallest absolute Gasteiger partial charge is 0.276 e. The van der Waals surface area contributed by atoms with Crippen molar-refractivity contribution in [2.24, 2.45) is 0 Å². The highest BCUT2D eigenvalue weighted by atomic mass is 32.1. The molecular formula is C14H20N7OS+. The van der Waals surface area contributed by atoms with Gasteiger partial charge < -0.3 is 15.3 Å². The Morgan fingerprint density at radius 2 is 2.35 bits per heavy atom. The van der Waals surface area contributed by atoms with Crippen LogP contribution in [0.5, 0.6) is 0 Å². The molecule has 1 aliphatic heterocycles. The van der Waals surface area contributed by atoms with Gasteiger partial charge in [0, 0.05) is 6.42 Å². The largest absolute Gasteiger partial charge is 0.394 e. The summed E-state index contributed by atoms with van der Waals surface area (Å²) >= 11 is 1.75. The molecule has 23 heavy (non-hydrogen) atoms. The number of tetrazole rings is 1. The first kappa shape index (κ1) is 14.7. The monoisotopic (exact) mass is 334 g/mol. The first-order chi connectivity index (χ1) is 11.2. The number of fused-ring (bicyclic) bond motifs is 5. The fourth-order valence-corrected chi connectivity index (χ4v) is 4.52. The molecule has 0 amide bonds. The number of nitrogens with zero attached hydrogens (tertiary/aromatic N) is 5. The predicted molar refractivity (Wildman–Crippen MR) is 87.9 cm³/mol. The molecule has 0 spiro atoms. The lowest BCUT2D eigenvalue weighted by Crippen LogP contribution is -3.08. The molecule has 0 saturated heterocycles. The first-order valence-electron chi connectivity index (χ1n) is 7.92. The number of nitrogens with one attached hydrogen (secondary N) is 2. The molecule has 122 valence electrons. The second kappa shape index (κ2) is 5.66. The van der Waals surface area contributed by atoms with Crippen molar-refractivity contribution in [3.05, 3.63) is 10.4 Å². The number of aromatic nitrogens is 5. The maximum absolute atomic E-state index is 9.52. The van der Waals surface area contributed by atoms with Crippen molar-refractivity contribution in [3.8, 4) is 0 Å². The molecule has 1 aliphatic rings. The van der Waals surface area contributed by atoms with Crippen molar-refractivity contribution in [2.45, 2.75) is 32.4 Å². The van der Waals surface area contributed by atoms with Crippen LogP contribution in [0.3, 0.4) is 0 Å². The molecule has 3 N–H and O–H groups in total. The topological polar surface area (TPSA) is 92.7 Å². The number of aliphatic hydroxyl groups is 1. The number of rotatable bonds is 4. The Labute approximate surface area is 137 Å². The Hall–Kier alpha value is -1.84. The summed E-state index contributed by atoms with van der Waals surface area (Å²) in [5, 5.41) is 25.9. The van der Waals surface area contributed by atoms with Crippen molar-refractivity contribution in [1.82, 2.24) is 25.0 Å². The summed E-state index contributed by atoms with van der Waals surface area (Å²) < 4.78 is 1.72. The van der Waals surface area contributed by atoms with Crippen LogP contribution in [0.25, 0.3) is 16.0 Å². The highest BCUT2D eigenvalue weighted by Gasteiger charge is 2.26. The minimum absolute atomic E-state index is 0.0172. The minimum atomic E-state index is -0.0172. The van der Waals surface area contributed by atoms with Gasteiger partial charge in [-0.25, -0.2) is 0 Å². The van der Waals surface area contributed by atoms with Crippen LogP contribution in [0.1, 0.15) is 23.8 Å². The van der Waals surface area contributed by atoms with Gasteiger partial charge in [-0.2, -0.15) is 9.50 Å². The Kier molecular flexibility index (Phi) is 3.63. The molecular weight excluding hydrogens is 314 g/mol. The fourth-order valence-electron chi connectivity index (χ4n) is 3.11. The molecule has 0 aromatic carbocycles. The van der Waals surface area contributed by atoms with Crippen LogP contribution < -0.4 is 10.2 Å². The molecule has 0 aliphatic carbocycles. The summed E-state index contributed by atoms with van der Waals surface area (Å²) in [7, 11) is 2.22. The van der Waals surface area contributed by atoms with E-state index < -0.39 is 0 Å². The molecule has 4 rings (SSSR count). The van der Waals surface area contributed by atoms with Gasteiger partial charge in [0.15, 0.2) is 0 Å². The molecule has 1 unspecified atom stereocenters. The van der Waals surface area contributed by atoms with Crippen LogP contribution in [-0.4, -0.2) is 56.4 Å². The first-order valence-corrected chi connectivity index (χ1v) is 8.74. The van der Waals surface area contributed by atoms with E-state index in [1.165, 1.54) is 15.3 Å². The number of hydrogen-bond donors (Lipinski definition) is 3. The van der Waals surface area contributed by atoms with E-state index in [1.54, 1.807) is 15.9 Å². The zero-order valence-electron chi connectivity index (χ0n) is 13.2. The highest BCUT2D eigenvalue weighted by molar-refractivity contribution is 7.19. The van der Waals surface area contributed by atoms with E-state index in [1.807, 2.05) is 6.92 Å². The zero-order valence-corrected chi connectivity index (χ0v) is 14.0. The molecule has 2 atom stereocenters. The number of quaternary nitrogens is 1. The van der Waals surface area contributed by atoms with Crippen LogP contribution in [0.15, 0.2) is 0 Å². The molecule has 0 fully saturated rings. The van der Waals surface area contributed by atoms with Gasteiger partial charge in [-0.15, -0.1) is 11.3 Å². The molecule has 3 aromatic heterocycles.